The van der Waals surface area contributed by atoms with E-state index in [1.165, 1.54) is 6.08 Å². The summed E-state index contributed by atoms with van der Waals surface area (Å²) in [4.78, 5) is 12.7. The van der Waals surface area contributed by atoms with Crippen LogP contribution in [-0.2, 0) is 21.2 Å². The molecule has 0 saturated heterocycles. The summed E-state index contributed by atoms with van der Waals surface area (Å²) in [5, 5.41) is 20.2. The Morgan fingerprint density at radius 2 is 2.03 bits per heavy atom. The van der Waals surface area contributed by atoms with Gasteiger partial charge in [-0.15, -0.1) is 10.2 Å². The number of para-hydroxylation sites is 1. The second-order valence-corrected chi connectivity index (χ2v) is 10.9. The summed E-state index contributed by atoms with van der Waals surface area (Å²) < 4.78 is 35.8. The van der Waals surface area contributed by atoms with Crippen LogP contribution in [0.15, 0.2) is 58.6 Å². The molecule has 0 bridgehead atoms. The molecular formula is C23H17N5O5S2. The summed E-state index contributed by atoms with van der Waals surface area (Å²) in [6.45, 7) is 0.740. The van der Waals surface area contributed by atoms with Gasteiger partial charge in [0.25, 0.3) is 5.91 Å². The van der Waals surface area contributed by atoms with Gasteiger partial charge in [0.2, 0.25) is 26.1 Å². The van der Waals surface area contributed by atoms with Gasteiger partial charge in [-0.2, -0.15) is 5.26 Å². The minimum atomic E-state index is -3.55. The van der Waals surface area contributed by atoms with E-state index in [1.807, 2.05) is 59.3 Å². The lowest BCUT2D eigenvalue weighted by molar-refractivity contribution is -0.112. The van der Waals surface area contributed by atoms with Gasteiger partial charge >= 0.3 is 0 Å². The summed E-state index contributed by atoms with van der Waals surface area (Å²) in [5.74, 6) is 0.688. The predicted molar refractivity (Wildman–Crippen MR) is 129 cm³/mol. The van der Waals surface area contributed by atoms with Gasteiger partial charge in [0.1, 0.15) is 11.6 Å². The number of nitrogens with one attached hydrogen (secondary N) is 1. The van der Waals surface area contributed by atoms with Gasteiger partial charge < -0.3 is 14.0 Å². The van der Waals surface area contributed by atoms with Crippen molar-refractivity contribution in [3.63, 3.8) is 0 Å². The Labute approximate surface area is 204 Å². The van der Waals surface area contributed by atoms with Crippen molar-refractivity contribution in [3.05, 3.63) is 65.4 Å². The molecule has 12 heteroatoms. The number of benzene rings is 2. The summed E-state index contributed by atoms with van der Waals surface area (Å²) in [5.41, 5.74) is 2.45. The minimum Gasteiger partial charge on any atom is -0.454 e. The summed E-state index contributed by atoms with van der Waals surface area (Å²) in [6.07, 6.45) is 4.36. The van der Waals surface area contributed by atoms with Crippen molar-refractivity contribution in [2.75, 3.05) is 18.4 Å². The first-order valence-corrected chi connectivity index (χ1v) is 13.0. The molecule has 176 valence electrons. The second kappa shape index (κ2) is 8.86. The number of aromatic nitrogens is 3. The van der Waals surface area contributed by atoms with Crippen LogP contribution >= 0.6 is 11.3 Å². The first kappa shape index (κ1) is 22.6. The summed E-state index contributed by atoms with van der Waals surface area (Å²) in [6, 6.07) is 15.3. The Kier molecular flexibility index (Phi) is 5.72. The van der Waals surface area contributed by atoms with Crippen LogP contribution in [0.4, 0.5) is 5.13 Å². The van der Waals surface area contributed by atoms with Gasteiger partial charge in [-0.3, -0.25) is 10.1 Å². The van der Waals surface area contributed by atoms with Crippen molar-refractivity contribution < 1.29 is 22.7 Å². The van der Waals surface area contributed by atoms with E-state index in [4.69, 9.17) is 9.47 Å². The molecular weight excluding hydrogens is 490 g/mol. The van der Waals surface area contributed by atoms with Crippen LogP contribution in [0.3, 0.4) is 0 Å². The van der Waals surface area contributed by atoms with Crippen LogP contribution < -0.4 is 14.8 Å². The zero-order valence-electron chi connectivity index (χ0n) is 18.3. The number of fused-ring (bicyclic) bond motifs is 2. The molecule has 0 unspecified atom stereocenters. The molecule has 2 aromatic heterocycles. The Bertz CT molecular complexity index is 1650. The minimum absolute atomic E-state index is 0.0122. The highest BCUT2D eigenvalue weighted by molar-refractivity contribution is 7.92. The van der Waals surface area contributed by atoms with E-state index < -0.39 is 15.7 Å². The third kappa shape index (κ3) is 4.59. The lowest BCUT2D eigenvalue weighted by Gasteiger charge is -2.06. The van der Waals surface area contributed by atoms with Gasteiger partial charge in [0.15, 0.2) is 11.5 Å². The van der Waals surface area contributed by atoms with Crippen LogP contribution in [0.5, 0.6) is 11.5 Å². The standard InChI is InChI=1S/C23H17N5O5S2/c1-35(30,31)23-27-26-22(34-23)25-21(29)15(10-24)9-16-12-28(18-5-3-2-4-17(16)18)11-14-6-7-19-20(8-14)33-13-32-19/h2-9,12H,11,13H2,1H3,(H,25,26,29). The molecule has 1 N–H and O–H groups in total. The Balaban J connectivity index is 1.44. The van der Waals surface area contributed by atoms with Crippen molar-refractivity contribution >= 4 is 49.2 Å². The highest BCUT2D eigenvalue weighted by Gasteiger charge is 2.19. The highest BCUT2D eigenvalue weighted by atomic mass is 32.2. The van der Waals surface area contributed by atoms with Gasteiger partial charge in [0.05, 0.1) is 0 Å². The van der Waals surface area contributed by atoms with Crippen molar-refractivity contribution in [1.29, 1.82) is 5.26 Å². The first-order valence-electron chi connectivity index (χ1n) is 10.2. The largest absolute Gasteiger partial charge is 0.454 e. The van der Waals surface area contributed by atoms with Crippen LogP contribution in [-0.4, -0.2) is 42.1 Å². The maximum Gasteiger partial charge on any atom is 0.268 e. The fraction of sp³-hybridized carbons (Fsp3) is 0.130. The number of amides is 1. The number of carbonyl (C=O) groups is 1. The highest BCUT2D eigenvalue weighted by Crippen LogP contribution is 2.33. The van der Waals surface area contributed by atoms with Gasteiger partial charge in [-0.1, -0.05) is 35.6 Å². The van der Waals surface area contributed by atoms with E-state index in [0.717, 1.165) is 22.7 Å². The van der Waals surface area contributed by atoms with E-state index in [9.17, 15) is 18.5 Å². The molecule has 0 spiro atoms. The number of rotatable bonds is 6. The lowest BCUT2D eigenvalue weighted by atomic mass is 10.1. The number of hydrogen-bond donors (Lipinski definition) is 1. The molecule has 10 nitrogen and oxygen atoms in total. The average Bonchev–Trinajstić information content (AvgIpc) is 3.56. The number of sulfone groups is 1. The third-order valence-corrected chi connectivity index (χ3v) is 7.73. The molecule has 0 aliphatic carbocycles. The molecule has 0 saturated carbocycles. The number of anilines is 1. The molecule has 1 aliphatic heterocycles. The fourth-order valence-corrected chi connectivity index (χ4v) is 5.14. The number of hydrogen-bond acceptors (Lipinski definition) is 9. The topological polar surface area (TPSA) is 136 Å². The first-order chi connectivity index (χ1) is 16.8. The molecule has 4 aromatic rings. The SMILES string of the molecule is CS(=O)(=O)c1nnc(NC(=O)C(C#N)=Cc2cn(Cc3ccc4c(c3)OCO4)c3ccccc23)s1. The van der Waals surface area contributed by atoms with Gasteiger partial charge in [-0.05, 0) is 29.8 Å². The van der Waals surface area contributed by atoms with Crippen LogP contribution in [0.2, 0.25) is 0 Å². The third-order valence-electron chi connectivity index (χ3n) is 5.22. The number of ether oxygens (including phenoxy) is 2. The zero-order chi connectivity index (χ0) is 24.6. The van der Waals surface area contributed by atoms with Crippen molar-refractivity contribution in [3.8, 4) is 17.6 Å². The lowest BCUT2D eigenvalue weighted by Crippen LogP contribution is -2.13. The quantitative estimate of drug-likeness (QED) is 0.239. The fourth-order valence-electron chi connectivity index (χ4n) is 3.64. The Hall–Kier alpha value is -4.21. The Morgan fingerprint density at radius 1 is 1.23 bits per heavy atom. The van der Waals surface area contributed by atoms with Crippen LogP contribution in [0.1, 0.15) is 11.1 Å². The van der Waals surface area contributed by atoms with Gasteiger partial charge in [-0.25, -0.2) is 8.42 Å². The molecule has 0 fully saturated rings. The van der Waals surface area contributed by atoms with E-state index in [0.29, 0.717) is 34.9 Å². The smallest absolute Gasteiger partial charge is 0.268 e. The molecule has 5 rings (SSSR count). The van der Waals surface area contributed by atoms with Gasteiger partial charge in [0, 0.05) is 35.5 Å². The molecule has 0 atom stereocenters. The van der Waals surface area contributed by atoms with E-state index >= 15 is 0 Å². The molecule has 1 amide bonds. The van der Waals surface area contributed by atoms with E-state index in [1.54, 1.807) is 0 Å². The Morgan fingerprint density at radius 3 is 2.80 bits per heavy atom. The molecule has 35 heavy (non-hydrogen) atoms. The zero-order valence-corrected chi connectivity index (χ0v) is 19.9. The monoisotopic (exact) mass is 507 g/mol. The van der Waals surface area contributed by atoms with Crippen molar-refractivity contribution in [2.24, 2.45) is 0 Å². The number of carbonyl (C=O) groups excluding carboxylic acids is 1. The predicted octanol–water partition coefficient (Wildman–Crippen LogP) is 3.22. The van der Waals surface area contributed by atoms with E-state index in [2.05, 4.69) is 15.5 Å². The molecule has 1 aliphatic rings. The van der Waals surface area contributed by atoms with Crippen LogP contribution in [0, 0.1) is 11.3 Å². The average molecular weight is 508 g/mol. The summed E-state index contributed by atoms with van der Waals surface area (Å²) >= 11 is 0.717. The maximum atomic E-state index is 12.7. The van der Waals surface area contributed by atoms with Crippen LogP contribution in [0.25, 0.3) is 17.0 Å². The van der Waals surface area contributed by atoms with Crippen molar-refractivity contribution in [2.45, 2.75) is 10.9 Å². The maximum absolute atomic E-state index is 12.7. The molecule has 0 radical (unpaired) electrons. The molecule has 3 heterocycles. The summed E-state index contributed by atoms with van der Waals surface area (Å²) in [7, 11) is -3.55. The molecule has 2 aromatic carbocycles. The normalized spacial score (nSPS) is 13.1. The number of nitrogens with zero attached hydrogens (tertiary/aromatic N) is 4. The van der Waals surface area contributed by atoms with Crippen molar-refractivity contribution in [1.82, 2.24) is 14.8 Å². The number of nitriles is 1. The second-order valence-electron chi connectivity index (χ2n) is 7.69. The van der Waals surface area contributed by atoms with E-state index in [-0.39, 0.29) is 21.8 Å².